The van der Waals surface area contributed by atoms with Gasteiger partial charge in [0.15, 0.2) is 22.7 Å². The second-order valence-corrected chi connectivity index (χ2v) is 14.8. The minimum Gasteiger partial charge on any atom is -0.308 e. The molecular formula is C53H27F3N6. The summed E-state index contributed by atoms with van der Waals surface area (Å²) in [6.07, 6.45) is -4.83. The molecule has 2 heterocycles. The molecule has 0 unspecified atom stereocenters. The SMILES string of the molecule is [C-]#[N+]c1cccc(-c2ccc3c4ccccc4n(-c4cc([N+]#[C-])c(-c5c([N+]#[C-])cccc5C(F)(F)F)cc4-n4c5ccccc5c5ccc(-c6cccc([N+]#[C-])c6)cc54)c3c2)c1. The highest BCUT2D eigenvalue weighted by atomic mass is 19.4. The van der Waals surface area contributed by atoms with E-state index >= 15 is 0 Å². The van der Waals surface area contributed by atoms with Gasteiger partial charge in [0.2, 0.25) is 0 Å². The van der Waals surface area contributed by atoms with Crippen molar-refractivity contribution in [2.45, 2.75) is 6.18 Å². The van der Waals surface area contributed by atoms with E-state index in [1.54, 1.807) is 24.3 Å². The molecule has 0 saturated carbocycles. The number of benzene rings is 8. The average molecular weight is 805 g/mol. The van der Waals surface area contributed by atoms with Gasteiger partial charge in [-0.3, -0.25) is 0 Å². The van der Waals surface area contributed by atoms with E-state index in [1.807, 2.05) is 126 Å². The summed E-state index contributed by atoms with van der Waals surface area (Å²) in [5.41, 5.74) is 6.69. The molecule has 0 atom stereocenters. The van der Waals surface area contributed by atoms with E-state index in [0.29, 0.717) is 22.7 Å². The molecule has 0 spiro atoms. The Labute approximate surface area is 353 Å². The maximum Gasteiger partial charge on any atom is 0.415 e. The van der Waals surface area contributed by atoms with Gasteiger partial charge in [0.05, 0.1) is 65.3 Å². The Kier molecular flexibility index (Phi) is 8.70. The number of nitrogens with zero attached hydrogens (tertiary/aromatic N) is 6. The normalized spacial score (nSPS) is 11.4. The van der Waals surface area contributed by atoms with Crippen molar-refractivity contribution >= 4 is 66.4 Å². The smallest absolute Gasteiger partial charge is 0.308 e. The van der Waals surface area contributed by atoms with Crippen molar-refractivity contribution in [3.05, 3.63) is 215 Å². The Morgan fingerprint density at radius 2 is 0.855 bits per heavy atom. The van der Waals surface area contributed by atoms with Gasteiger partial charge in [-0.1, -0.05) is 115 Å². The van der Waals surface area contributed by atoms with Gasteiger partial charge in [0, 0.05) is 21.5 Å². The van der Waals surface area contributed by atoms with E-state index in [-0.39, 0.29) is 22.5 Å². The highest BCUT2D eigenvalue weighted by molar-refractivity contribution is 6.13. The summed E-state index contributed by atoms with van der Waals surface area (Å²) in [4.78, 5) is 14.7. The zero-order chi connectivity index (χ0) is 42.7. The molecule has 2 aromatic heterocycles. The molecule has 62 heavy (non-hydrogen) atoms. The van der Waals surface area contributed by atoms with Crippen LogP contribution in [0.15, 0.2) is 164 Å². The molecule has 0 aliphatic heterocycles. The zero-order valence-electron chi connectivity index (χ0n) is 32.4. The molecule has 0 aliphatic carbocycles. The van der Waals surface area contributed by atoms with Crippen molar-refractivity contribution in [1.82, 2.24) is 9.13 Å². The van der Waals surface area contributed by atoms with Gasteiger partial charge < -0.3 is 9.13 Å². The number of rotatable bonds is 5. The Morgan fingerprint density at radius 3 is 1.35 bits per heavy atom. The monoisotopic (exact) mass is 804 g/mol. The van der Waals surface area contributed by atoms with Crippen molar-refractivity contribution in [1.29, 1.82) is 0 Å². The summed E-state index contributed by atoms with van der Waals surface area (Å²) in [7, 11) is 0. The molecule has 0 fully saturated rings. The number of fused-ring (bicyclic) bond motifs is 6. The number of hydrogen-bond acceptors (Lipinski definition) is 0. The fourth-order valence-corrected chi connectivity index (χ4v) is 8.70. The topological polar surface area (TPSA) is 27.3 Å². The summed E-state index contributed by atoms with van der Waals surface area (Å²) in [6.45, 7) is 31.8. The van der Waals surface area contributed by atoms with Crippen LogP contribution in [0.25, 0.3) is 108 Å². The predicted molar refractivity (Wildman–Crippen MR) is 241 cm³/mol. The van der Waals surface area contributed by atoms with Crippen LogP contribution in [-0.4, -0.2) is 9.13 Å². The molecule has 0 radical (unpaired) electrons. The summed E-state index contributed by atoms with van der Waals surface area (Å²) >= 11 is 0. The van der Waals surface area contributed by atoms with E-state index in [1.165, 1.54) is 12.1 Å². The quantitative estimate of drug-likeness (QED) is 0.155. The lowest BCUT2D eigenvalue weighted by Gasteiger charge is -2.22. The molecule has 10 aromatic rings. The van der Waals surface area contributed by atoms with Crippen LogP contribution in [0.4, 0.5) is 35.9 Å². The molecule has 0 aliphatic rings. The predicted octanol–water partition coefficient (Wildman–Crippen LogP) is 16.1. The summed E-state index contributed by atoms with van der Waals surface area (Å²) in [5.74, 6) is 0. The first-order chi connectivity index (χ1) is 30.2. The van der Waals surface area contributed by atoms with Gasteiger partial charge in [-0.2, -0.15) is 13.2 Å². The third kappa shape index (κ3) is 5.93. The van der Waals surface area contributed by atoms with Gasteiger partial charge in [-0.25, -0.2) is 19.4 Å². The summed E-state index contributed by atoms with van der Waals surface area (Å²) < 4.78 is 49.0. The first-order valence-electron chi connectivity index (χ1n) is 19.4. The van der Waals surface area contributed by atoms with Crippen molar-refractivity contribution in [2.75, 3.05) is 0 Å². The van der Waals surface area contributed by atoms with E-state index in [2.05, 4.69) is 23.9 Å². The zero-order valence-corrected chi connectivity index (χ0v) is 32.4. The van der Waals surface area contributed by atoms with Crippen LogP contribution < -0.4 is 0 Å². The Balaban J connectivity index is 1.39. The first kappa shape index (κ1) is 37.4. The van der Waals surface area contributed by atoms with Gasteiger partial charge >= 0.3 is 6.18 Å². The molecule has 9 heteroatoms. The second-order valence-electron chi connectivity index (χ2n) is 14.8. The van der Waals surface area contributed by atoms with E-state index in [9.17, 15) is 13.2 Å². The van der Waals surface area contributed by atoms with Crippen LogP contribution in [-0.2, 0) is 6.18 Å². The molecule has 10 rings (SSSR count). The van der Waals surface area contributed by atoms with Crippen LogP contribution in [0.5, 0.6) is 0 Å². The molecular weight excluding hydrogens is 778 g/mol. The van der Waals surface area contributed by atoms with Crippen LogP contribution in [0.3, 0.4) is 0 Å². The Morgan fingerprint density at radius 1 is 0.387 bits per heavy atom. The standard InChI is InChI=1S/C53H27F3N6/c1-57-36-14-9-12-32(26-36)34-22-24-40-38-16-5-7-20-46(38)61(48(40)28-34)50-30-42(52-43(53(54,55)56)18-11-19-44(52)59-3)45(60-4)31-51(50)62-47-21-8-6-17-39(47)41-25-23-35(29-49(41)62)33-13-10-15-37(27-33)58-2/h5-31H. The highest BCUT2D eigenvalue weighted by Crippen LogP contribution is 2.49. The molecule has 290 valence electrons. The van der Waals surface area contributed by atoms with Crippen LogP contribution >= 0.6 is 0 Å². The maximum absolute atomic E-state index is 15.0. The molecule has 6 nitrogen and oxygen atoms in total. The number of para-hydroxylation sites is 2. The third-order valence-corrected chi connectivity index (χ3v) is 11.4. The minimum atomic E-state index is -4.83. The van der Waals surface area contributed by atoms with Crippen LogP contribution in [0, 0.1) is 26.3 Å². The summed E-state index contributed by atoms with van der Waals surface area (Å²) in [5, 5.41) is 3.61. The number of alkyl halides is 3. The van der Waals surface area contributed by atoms with Crippen molar-refractivity contribution in [3.8, 4) is 44.8 Å². The fraction of sp³-hybridized carbons (Fsp3) is 0.0189. The molecule has 8 aromatic carbocycles. The number of hydrogen-bond donors (Lipinski definition) is 0. The first-order valence-corrected chi connectivity index (χ1v) is 19.4. The molecule has 0 N–H and O–H groups in total. The molecule has 0 bridgehead atoms. The summed E-state index contributed by atoms with van der Waals surface area (Å²) in [6, 6.07) is 49.3. The van der Waals surface area contributed by atoms with E-state index in [0.717, 1.165) is 71.9 Å². The largest absolute Gasteiger partial charge is 0.415 e. The Hall–Kier alpha value is -8.89. The molecule has 0 amide bonds. The van der Waals surface area contributed by atoms with Gasteiger partial charge in [-0.05, 0) is 81.9 Å². The van der Waals surface area contributed by atoms with E-state index < -0.39 is 11.7 Å². The lowest BCUT2D eigenvalue weighted by atomic mass is 9.94. The maximum atomic E-state index is 15.0. The average Bonchev–Trinajstić information content (AvgIpc) is 3.82. The van der Waals surface area contributed by atoms with E-state index in [4.69, 9.17) is 26.3 Å². The van der Waals surface area contributed by atoms with Gasteiger partial charge in [-0.15, -0.1) is 0 Å². The highest BCUT2D eigenvalue weighted by Gasteiger charge is 2.36. The van der Waals surface area contributed by atoms with Crippen LogP contribution in [0.1, 0.15) is 5.56 Å². The Bertz CT molecular complexity index is 3690. The lowest BCUT2D eigenvalue weighted by Crippen LogP contribution is -2.08. The van der Waals surface area contributed by atoms with Crippen molar-refractivity contribution < 1.29 is 13.2 Å². The molecule has 0 saturated heterocycles. The second kappa shape index (κ2) is 14.4. The van der Waals surface area contributed by atoms with Crippen molar-refractivity contribution in [2.24, 2.45) is 0 Å². The van der Waals surface area contributed by atoms with Gasteiger partial charge in [0.25, 0.3) is 0 Å². The fourth-order valence-electron chi connectivity index (χ4n) is 8.70. The van der Waals surface area contributed by atoms with Gasteiger partial charge in [0.1, 0.15) is 0 Å². The van der Waals surface area contributed by atoms with Crippen LogP contribution in [0.2, 0.25) is 0 Å². The number of halogens is 3. The minimum absolute atomic E-state index is 0.0260. The third-order valence-electron chi connectivity index (χ3n) is 11.4. The lowest BCUT2D eigenvalue weighted by molar-refractivity contribution is -0.137. The number of aromatic nitrogens is 2. The van der Waals surface area contributed by atoms with Crippen molar-refractivity contribution in [3.63, 3.8) is 0 Å².